The van der Waals surface area contributed by atoms with Gasteiger partial charge in [0.25, 0.3) is 0 Å². The summed E-state index contributed by atoms with van der Waals surface area (Å²) in [5, 5.41) is 0. The average molecular weight is 268 g/mol. The quantitative estimate of drug-likeness (QED) is 0.828. The number of hydrogen-bond acceptors (Lipinski definition) is 3. The van der Waals surface area contributed by atoms with Gasteiger partial charge in [0, 0.05) is 19.7 Å². The molecule has 0 atom stereocenters. The van der Waals surface area contributed by atoms with Gasteiger partial charge in [-0.05, 0) is 30.7 Å². The molecule has 104 valence electrons. The van der Waals surface area contributed by atoms with Crippen LogP contribution in [0.1, 0.15) is 17.3 Å². The van der Waals surface area contributed by atoms with Gasteiger partial charge in [0.05, 0.1) is 18.5 Å². The van der Waals surface area contributed by atoms with Crippen LogP contribution in [-0.2, 0) is 0 Å². The largest absolute Gasteiger partial charge is 0.496 e. The monoisotopic (exact) mass is 268 g/mol. The van der Waals surface area contributed by atoms with Gasteiger partial charge < -0.3 is 14.5 Å². The van der Waals surface area contributed by atoms with E-state index in [4.69, 9.17) is 4.74 Å². The first kappa shape index (κ1) is 12.9. The topological polar surface area (TPSA) is 15.7 Å². The summed E-state index contributed by atoms with van der Waals surface area (Å²) in [6, 6.07) is 14.7. The van der Waals surface area contributed by atoms with Crippen molar-refractivity contribution in [2.75, 3.05) is 31.0 Å². The molecule has 0 saturated carbocycles. The minimum absolute atomic E-state index is 0.170. The van der Waals surface area contributed by atoms with Crippen molar-refractivity contribution in [1.29, 1.82) is 0 Å². The fraction of sp³-hybridized carbons (Fsp3) is 0.294. The van der Waals surface area contributed by atoms with E-state index in [0.29, 0.717) is 0 Å². The molecule has 0 saturated heterocycles. The van der Waals surface area contributed by atoms with E-state index in [9.17, 15) is 0 Å². The Bertz CT molecular complexity index is 610. The molecule has 0 N–H and O–H groups in total. The number of aryl methyl sites for hydroxylation is 1. The average Bonchev–Trinajstić information content (AvgIpc) is 2.72. The number of fused-ring (bicyclic) bond motifs is 1. The predicted molar refractivity (Wildman–Crippen MR) is 83.7 cm³/mol. The van der Waals surface area contributed by atoms with E-state index >= 15 is 0 Å². The summed E-state index contributed by atoms with van der Waals surface area (Å²) < 4.78 is 5.58. The van der Waals surface area contributed by atoms with Crippen molar-refractivity contribution in [3.8, 4) is 5.75 Å². The summed E-state index contributed by atoms with van der Waals surface area (Å²) in [5.41, 5.74) is 4.99. The number of methoxy groups -OCH3 is 1. The normalized spacial score (nSPS) is 14.6. The highest BCUT2D eigenvalue weighted by atomic mass is 16.5. The molecule has 2 aromatic rings. The zero-order valence-corrected chi connectivity index (χ0v) is 12.4. The molecular weight excluding hydrogens is 248 g/mol. The molecule has 0 amide bonds. The number of ether oxygens (including phenoxy) is 1. The van der Waals surface area contributed by atoms with Crippen molar-refractivity contribution in [2.45, 2.75) is 13.1 Å². The Hall–Kier alpha value is -2.16. The Morgan fingerprint density at radius 2 is 1.50 bits per heavy atom. The van der Waals surface area contributed by atoms with Gasteiger partial charge in [0.2, 0.25) is 0 Å². The van der Waals surface area contributed by atoms with Crippen molar-refractivity contribution in [3.63, 3.8) is 0 Å². The van der Waals surface area contributed by atoms with E-state index in [1.807, 2.05) is 12.1 Å². The van der Waals surface area contributed by atoms with Crippen LogP contribution in [0, 0.1) is 6.92 Å². The molecular formula is C17H20N2O. The first-order valence-corrected chi connectivity index (χ1v) is 6.83. The maximum absolute atomic E-state index is 5.58. The Labute approximate surface area is 120 Å². The zero-order valence-electron chi connectivity index (χ0n) is 12.4. The third kappa shape index (κ3) is 1.73. The van der Waals surface area contributed by atoms with Crippen LogP contribution < -0.4 is 14.5 Å². The summed E-state index contributed by atoms with van der Waals surface area (Å²) in [6.07, 6.45) is 0.170. The first-order chi connectivity index (χ1) is 9.65. The SMILES string of the molecule is COc1cccc(C)c1C1N(C)c2ccccc2N1C. The summed E-state index contributed by atoms with van der Waals surface area (Å²) in [4.78, 5) is 4.61. The Morgan fingerprint density at radius 3 is 2.05 bits per heavy atom. The van der Waals surface area contributed by atoms with Crippen LogP contribution in [0.15, 0.2) is 42.5 Å². The van der Waals surface area contributed by atoms with Gasteiger partial charge in [0.15, 0.2) is 0 Å². The molecule has 1 aliphatic heterocycles. The zero-order chi connectivity index (χ0) is 14.3. The van der Waals surface area contributed by atoms with E-state index in [2.05, 4.69) is 61.2 Å². The molecule has 0 bridgehead atoms. The second kappa shape index (κ2) is 4.75. The highest BCUT2D eigenvalue weighted by molar-refractivity contribution is 5.78. The Kier molecular flexibility index (Phi) is 3.05. The van der Waals surface area contributed by atoms with Crippen molar-refractivity contribution in [3.05, 3.63) is 53.6 Å². The lowest BCUT2D eigenvalue weighted by molar-refractivity contribution is 0.404. The molecule has 20 heavy (non-hydrogen) atoms. The van der Waals surface area contributed by atoms with Crippen molar-refractivity contribution in [1.82, 2.24) is 0 Å². The molecule has 0 radical (unpaired) electrons. The van der Waals surface area contributed by atoms with Crippen LogP contribution >= 0.6 is 0 Å². The molecule has 3 rings (SSSR count). The Morgan fingerprint density at radius 1 is 0.900 bits per heavy atom. The molecule has 0 aliphatic carbocycles. The third-order valence-corrected chi connectivity index (χ3v) is 4.14. The smallest absolute Gasteiger partial charge is 0.131 e. The third-order valence-electron chi connectivity index (χ3n) is 4.14. The van der Waals surface area contributed by atoms with Crippen LogP contribution in [0.5, 0.6) is 5.75 Å². The molecule has 0 fully saturated rings. The van der Waals surface area contributed by atoms with E-state index in [1.165, 1.54) is 22.5 Å². The second-order valence-corrected chi connectivity index (χ2v) is 5.28. The number of rotatable bonds is 2. The lowest BCUT2D eigenvalue weighted by Crippen LogP contribution is -2.31. The van der Waals surface area contributed by atoms with Gasteiger partial charge in [-0.3, -0.25) is 0 Å². The standard InChI is InChI=1S/C17H20N2O/c1-12-8-7-11-15(20-4)16(12)17-18(2)13-9-5-6-10-14(13)19(17)3/h5-11,17H,1-4H3. The van der Waals surface area contributed by atoms with Crippen LogP contribution in [0.4, 0.5) is 11.4 Å². The lowest BCUT2D eigenvalue weighted by Gasteiger charge is -2.30. The fourth-order valence-corrected chi connectivity index (χ4v) is 3.13. The van der Waals surface area contributed by atoms with Crippen LogP contribution in [0.3, 0.4) is 0 Å². The fourth-order valence-electron chi connectivity index (χ4n) is 3.13. The van der Waals surface area contributed by atoms with Crippen LogP contribution in [0.2, 0.25) is 0 Å². The summed E-state index contributed by atoms with van der Waals surface area (Å²) in [7, 11) is 6.01. The van der Waals surface area contributed by atoms with Gasteiger partial charge >= 0.3 is 0 Å². The first-order valence-electron chi connectivity index (χ1n) is 6.83. The summed E-state index contributed by atoms with van der Waals surface area (Å²) in [5.74, 6) is 0.946. The van der Waals surface area contributed by atoms with Gasteiger partial charge in [-0.15, -0.1) is 0 Å². The van der Waals surface area contributed by atoms with Gasteiger partial charge in [-0.25, -0.2) is 0 Å². The highest BCUT2D eigenvalue weighted by Crippen LogP contribution is 2.46. The van der Waals surface area contributed by atoms with Crippen molar-refractivity contribution < 1.29 is 4.74 Å². The molecule has 2 aromatic carbocycles. The predicted octanol–water partition coefficient (Wildman–Crippen LogP) is 3.59. The van der Waals surface area contributed by atoms with Gasteiger partial charge in [-0.1, -0.05) is 24.3 Å². The summed E-state index contributed by atoms with van der Waals surface area (Å²) >= 11 is 0. The molecule has 0 aromatic heterocycles. The van der Waals surface area contributed by atoms with E-state index in [0.717, 1.165) is 5.75 Å². The number of para-hydroxylation sites is 2. The number of anilines is 2. The second-order valence-electron chi connectivity index (χ2n) is 5.28. The maximum Gasteiger partial charge on any atom is 0.131 e. The molecule has 0 unspecified atom stereocenters. The van der Waals surface area contributed by atoms with E-state index < -0.39 is 0 Å². The van der Waals surface area contributed by atoms with Crippen molar-refractivity contribution >= 4 is 11.4 Å². The molecule has 3 heteroatoms. The van der Waals surface area contributed by atoms with Crippen molar-refractivity contribution in [2.24, 2.45) is 0 Å². The Balaban J connectivity index is 2.14. The molecule has 0 spiro atoms. The number of benzene rings is 2. The molecule has 3 nitrogen and oxygen atoms in total. The maximum atomic E-state index is 5.58. The number of hydrogen-bond donors (Lipinski definition) is 0. The minimum Gasteiger partial charge on any atom is -0.496 e. The van der Waals surface area contributed by atoms with Crippen LogP contribution in [0.25, 0.3) is 0 Å². The summed E-state index contributed by atoms with van der Waals surface area (Å²) in [6.45, 7) is 2.14. The van der Waals surface area contributed by atoms with E-state index in [-0.39, 0.29) is 6.17 Å². The van der Waals surface area contributed by atoms with Crippen LogP contribution in [-0.4, -0.2) is 21.2 Å². The van der Waals surface area contributed by atoms with Gasteiger partial charge in [0.1, 0.15) is 11.9 Å². The number of nitrogens with zero attached hydrogens (tertiary/aromatic N) is 2. The lowest BCUT2D eigenvalue weighted by atomic mass is 10.0. The van der Waals surface area contributed by atoms with Gasteiger partial charge in [-0.2, -0.15) is 0 Å². The molecule has 1 heterocycles. The molecule has 1 aliphatic rings. The minimum atomic E-state index is 0.170. The van der Waals surface area contributed by atoms with E-state index in [1.54, 1.807) is 7.11 Å². The highest BCUT2D eigenvalue weighted by Gasteiger charge is 2.34.